The van der Waals surface area contributed by atoms with Crippen LogP contribution in [-0.2, 0) is 4.74 Å². The van der Waals surface area contributed by atoms with Crippen molar-refractivity contribution in [3.63, 3.8) is 0 Å². The van der Waals surface area contributed by atoms with Crippen molar-refractivity contribution in [3.8, 4) is 0 Å². The minimum Gasteiger partial charge on any atom is -0.378 e. The molecule has 0 saturated carbocycles. The number of hydrogen-bond donors (Lipinski definition) is 0. The lowest BCUT2D eigenvalue weighted by molar-refractivity contribution is 0.0482. The van der Waals surface area contributed by atoms with Gasteiger partial charge in [-0.05, 0) is 26.0 Å². The van der Waals surface area contributed by atoms with Gasteiger partial charge in [-0.2, -0.15) is 0 Å². The lowest BCUT2D eigenvalue weighted by Crippen LogP contribution is -2.42. The lowest BCUT2D eigenvalue weighted by Gasteiger charge is -2.37. The highest BCUT2D eigenvalue weighted by Crippen LogP contribution is 2.34. The molecule has 0 aromatic carbocycles. The van der Waals surface area contributed by atoms with Gasteiger partial charge in [0.05, 0.1) is 13.2 Å². The molecule has 15 heavy (non-hydrogen) atoms. The smallest absolute Gasteiger partial charge is 0.0642 e. The lowest BCUT2D eigenvalue weighted by atomic mass is 10.1. The Balaban J connectivity index is 1.74. The van der Waals surface area contributed by atoms with Crippen LogP contribution in [0.4, 0.5) is 0 Å². The van der Waals surface area contributed by atoms with Gasteiger partial charge >= 0.3 is 0 Å². The van der Waals surface area contributed by atoms with Gasteiger partial charge in [0.15, 0.2) is 0 Å². The zero-order valence-corrected chi connectivity index (χ0v) is 9.48. The molecular weight excluding hydrogens is 188 g/mol. The third-order valence-corrected chi connectivity index (χ3v) is 4.14. The van der Waals surface area contributed by atoms with E-state index in [4.69, 9.17) is 4.74 Å². The normalized spacial score (nSPS) is 36.9. The van der Waals surface area contributed by atoms with Crippen LogP contribution in [-0.4, -0.2) is 55.2 Å². The van der Waals surface area contributed by atoms with E-state index in [1.54, 1.807) is 5.70 Å². The second-order valence-electron chi connectivity index (χ2n) is 4.93. The summed E-state index contributed by atoms with van der Waals surface area (Å²) in [5.41, 5.74) is 1.59. The van der Waals surface area contributed by atoms with E-state index < -0.39 is 0 Å². The van der Waals surface area contributed by atoms with Crippen LogP contribution in [0, 0.1) is 0 Å². The van der Waals surface area contributed by atoms with Crippen LogP contribution in [0.15, 0.2) is 11.8 Å². The first-order chi connectivity index (χ1) is 7.34. The molecule has 2 fully saturated rings. The van der Waals surface area contributed by atoms with Gasteiger partial charge in [0, 0.05) is 37.3 Å². The number of likely N-dealkylation sites (N-methyl/N-ethyl adjacent to an activating group) is 1. The van der Waals surface area contributed by atoms with Crippen molar-refractivity contribution < 1.29 is 4.74 Å². The molecule has 0 aromatic rings. The zero-order chi connectivity index (χ0) is 10.3. The largest absolute Gasteiger partial charge is 0.378 e. The maximum absolute atomic E-state index is 5.40. The monoisotopic (exact) mass is 208 g/mol. The predicted octanol–water partition coefficient (Wildman–Crippen LogP) is 1.07. The molecule has 2 saturated heterocycles. The van der Waals surface area contributed by atoms with Crippen LogP contribution in [0.1, 0.15) is 19.3 Å². The summed E-state index contributed by atoms with van der Waals surface area (Å²) in [6.45, 7) is 4.00. The maximum Gasteiger partial charge on any atom is 0.0642 e. The standard InChI is InChI=1S/C12H20N2O/c1-13-10-2-3-11(13)9-12(8-10)14-4-6-15-7-5-14/h8,10-11H,2-7,9H2,1H3. The highest BCUT2D eigenvalue weighted by Gasteiger charge is 2.35. The highest BCUT2D eigenvalue weighted by molar-refractivity contribution is 5.16. The van der Waals surface area contributed by atoms with Crippen LogP contribution < -0.4 is 0 Å². The molecule has 3 heterocycles. The van der Waals surface area contributed by atoms with E-state index in [0.717, 1.165) is 32.3 Å². The molecule has 0 aliphatic carbocycles. The molecule has 2 atom stereocenters. The van der Waals surface area contributed by atoms with E-state index >= 15 is 0 Å². The Bertz CT molecular complexity index is 271. The van der Waals surface area contributed by atoms with E-state index in [1.807, 2.05) is 0 Å². The van der Waals surface area contributed by atoms with Crippen molar-refractivity contribution >= 4 is 0 Å². The molecule has 2 bridgehead atoms. The van der Waals surface area contributed by atoms with E-state index in [9.17, 15) is 0 Å². The Morgan fingerprint density at radius 2 is 2.07 bits per heavy atom. The van der Waals surface area contributed by atoms with Crippen molar-refractivity contribution in [1.82, 2.24) is 9.80 Å². The Labute approximate surface area is 91.7 Å². The summed E-state index contributed by atoms with van der Waals surface area (Å²) in [6.07, 6.45) is 6.49. The summed E-state index contributed by atoms with van der Waals surface area (Å²) in [5, 5.41) is 0. The van der Waals surface area contributed by atoms with Gasteiger partial charge in [0.2, 0.25) is 0 Å². The Hall–Kier alpha value is -0.540. The number of hydrogen-bond acceptors (Lipinski definition) is 3. The molecule has 0 N–H and O–H groups in total. The molecule has 3 heteroatoms. The van der Waals surface area contributed by atoms with E-state index in [-0.39, 0.29) is 0 Å². The Kier molecular flexibility index (Phi) is 2.45. The Morgan fingerprint density at radius 3 is 2.80 bits per heavy atom. The third kappa shape index (κ3) is 1.68. The van der Waals surface area contributed by atoms with Crippen LogP contribution in [0.2, 0.25) is 0 Å². The van der Waals surface area contributed by atoms with Crippen molar-refractivity contribution in [3.05, 3.63) is 11.8 Å². The second kappa shape index (κ2) is 3.80. The van der Waals surface area contributed by atoms with Gasteiger partial charge in [-0.15, -0.1) is 0 Å². The van der Waals surface area contributed by atoms with E-state index in [1.165, 1.54) is 19.3 Å². The average molecular weight is 208 g/mol. The van der Waals surface area contributed by atoms with Crippen LogP contribution in [0.3, 0.4) is 0 Å². The first-order valence-electron chi connectivity index (χ1n) is 6.10. The molecule has 2 unspecified atom stereocenters. The fraction of sp³-hybridized carbons (Fsp3) is 0.833. The number of nitrogens with zero attached hydrogens (tertiary/aromatic N) is 2. The van der Waals surface area contributed by atoms with Crippen molar-refractivity contribution in [2.75, 3.05) is 33.4 Å². The van der Waals surface area contributed by atoms with Crippen LogP contribution >= 0.6 is 0 Å². The number of morpholine rings is 1. The van der Waals surface area contributed by atoms with Gasteiger partial charge in [-0.1, -0.05) is 0 Å². The second-order valence-corrected chi connectivity index (χ2v) is 4.93. The van der Waals surface area contributed by atoms with Gasteiger partial charge in [0.1, 0.15) is 0 Å². The zero-order valence-electron chi connectivity index (χ0n) is 9.48. The molecule has 0 spiro atoms. The van der Waals surface area contributed by atoms with E-state index in [0.29, 0.717) is 6.04 Å². The summed E-state index contributed by atoms with van der Waals surface area (Å²) in [5.74, 6) is 0. The van der Waals surface area contributed by atoms with Crippen LogP contribution in [0.5, 0.6) is 0 Å². The summed E-state index contributed by atoms with van der Waals surface area (Å²) >= 11 is 0. The minimum absolute atomic E-state index is 0.710. The molecule has 0 radical (unpaired) electrons. The number of ether oxygens (including phenoxy) is 1. The Morgan fingerprint density at radius 1 is 1.27 bits per heavy atom. The van der Waals surface area contributed by atoms with Crippen molar-refractivity contribution in [2.24, 2.45) is 0 Å². The summed E-state index contributed by atoms with van der Waals surface area (Å²) in [6, 6.07) is 1.51. The molecule has 3 rings (SSSR count). The molecule has 0 amide bonds. The van der Waals surface area contributed by atoms with Crippen molar-refractivity contribution in [2.45, 2.75) is 31.3 Å². The molecule has 3 nitrogen and oxygen atoms in total. The van der Waals surface area contributed by atoms with Gasteiger partial charge < -0.3 is 9.64 Å². The minimum atomic E-state index is 0.710. The molecule has 3 aliphatic heterocycles. The van der Waals surface area contributed by atoms with Gasteiger partial charge in [-0.3, -0.25) is 4.90 Å². The van der Waals surface area contributed by atoms with Crippen LogP contribution in [0.25, 0.3) is 0 Å². The molecule has 3 aliphatic rings. The maximum atomic E-state index is 5.40. The topological polar surface area (TPSA) is 15.7 Å². The predicted molar refractivity (Wildman–Crippen MR) is 59.7 cm³/mol. The van der Waals surface area contributed by atoms with Gasteiger partial charge in [-0.25, -0.2) is 0 Å². The quantitative estimate of drug-likeness (QED) is 0.641. The average Bonchev–Trinajstić information content (AvgIpc) is 2.54. The first-order valence-corrected chi connectivity index (χ1v) is 6.10. The molecule has 84 valence electrons. The summed E-state index contributed by atoms with van der Waals surface area (Å²) in [4.78, 5) is 5.08. The fourth-order valence-electron chi connectivity index (χ4n) is 3.10. The highest BCUT2D eigenvalue weighted by atomic mass is 16.5. The molecule has 0 aromatic heterocycles. The number of fused-ring (bicyclic) bond motifs is 2. The summed E-state index contributed by atoms with van der Waals surface area (Å²) < 4.78 is 5.40. The first kappa shape index (κ1) is 9.67. The summed E-state index contributed by atoms with van der Waals surface area (Å²) in [7, 11) is 2.27. The fourth-order valence-corrected chi connectivity index (χ4v) is 3.10. The molecular formula is C12H20N2O. The van der Waals surface area contributed by atoms with Gasteiger partial charge in [0.25, 0.3) is 0 Å². The third-order valence-electron chi connectivity index (χ3n) is 4.14. The SMILES string of the molecule is CN1C2C=C(N3CCOCC3)CC1CC2. The van der Waals surface area contributed by atoms with E-state index in [2.05, 4.69) is 22.9 Å². The van der Waals surface area contributed by atoms with Crippen molar-refractivity contribution in [1.29, 1.82) is 0 Å². The number of rotatable bonds is 1.